The van der Waals surface area contributed by atoms with E-state index in [2.05, 4.69) is 0 Å². The Bertz CT molecular complexity index is 612. The number of hydrogen-bond acceptors (Lipinski definition) is 3. The number of benzene rings is 2. The Morgan fingerprint density at radius 3 is 2.65 bits per heavy atom. The molecule has 0 radical (unpaired) electrons. The summed E-state index contributed by atoms with van der Waals surface area (Å²) in [5, 5.41) is 10.7. The van der Waals surface area contributed by atoms with Gasteiger partial charge < -0.3 is 0 Å². The number of hydrogen-bond donors (Lipinski definition) is 0. The molecular weight excluding hydrogens is 334 g/mol. The summed E-state index contributed by atoms with van der Waals surface area (Å²) in [6.45, 7) is 0. The molecule has 0 bridgehead atoms. The molecular formula is C12H7NO3Te. The SMILES string of the molecule is O=[N+]([O-])c1ccc2c(c1)[Te]c1ccccc1O2. The summed E-state index contributed by atoms with van der Waals surface area (Å²) in [7, 11) is 0. The fourth-order valence-electron chi connectivity index (χ4n) is 1.63. The van der Waals surface area contributed by atoms with Gasteiger partial charge in [-0.1, -0.05) is 0 Å². The van der Waals surface area contributed by atoms with E-state index in [1.54, 1.807) is 12.1 Å². The van der Waals surface area contributed by atoms with Gasteiger partial charge in [0.2, 0.25) is 0 Å². The quantitative estimate of drug-likeness (QED) is 0.382. The first-order chi connectivity index (χ1) is 8.24. The van der Waals surface area contributed by atoms with E-state index in [1.807, 2.05) is 24.3 Å². The maximum absolute atomic E-state index is 10.7. The molecule has 2 aromatic carbocycles. The summed E-state index contributed by atoms with van der Waals surface area (Å²) in [6, 6.07) is 12.7. The summed E-state index contributed by atoms with van der Waals surface area (Å²) in [4.78, 5) is 10.3. The maximum atomic E-state index is 10.7. The average Bonchev–Trinajstić information content (AvgIpc) is 2.35. The van der Waals surface area contributed by atoms with Gasteiger partial charge in [0.05, 0.1) is 0 Å². The van der Waals surface area contributed by atoms with Crippen LogP contribution in [0.3, 0.4) is 0 Å². The molecule has 0 saturated heterocycles. The van der Waals surface area contributed by atoms with E-state index >= 15 is 0 Å². The van der Waals surface area contributed by atoms with Crippen LogP contribution in [0.5, 0.6) is 11.5 Å². The van der Waals surface area contributed by atoms with Crippen LogP contribution >= 0.6 is 0 Å². The van der Waals surface area contributed by atoms with E-state index in [1.165, 1.54) is 9.68 Å². The molecule has 17 heavy (non-hydrogen) atoms. The molecule has 2 aromatic rings. The van der Waals surface area contributed by atoms with Crippen LogP contribution in [0.4, 0.5) is 5.69 Å². The zero-order valence-electron chi connectivity index (χ0n) is 8.62. The van der Waals surface area contributed by atoms with E-state index in [-0.39, 0.29) is 10.6 Å². The first-order valence-electron chi connectivity index (χ1n) is 4.97. The summed E-state index contributed by atoms with van der Waals surface area (Å²) in [6.07, 6.45) is 0. The third-order valence-corrected chi connectivity index (χ3v) is 5.56. The Morgan fingerprint density at radius 2 is 1.82 bits per heavy atom. The Balaban J connectivity index is 2.06. The predicted molar refractivity (Wildman–Crippen MR) is 64.6 cm³/mol. The fourth-order valence-corrected chi connectivity index (χ4v) is 4.44. The summed E-state index contributed by atoms with van der Waals surface area (Å²) in [5.74, 6) is 1.65. The Morgan fingerprint density at radius 1 is 1.06 bits per heavy atom. The van der Waals surface area contributed by atoms with Crippen LogP contribution in [-0.4, -0.2) is 25.8 Å². The molecule has 1 aliphatic heterocycles. The van der Waals surface area contributed by atoms with Gasteiger partial charge >= 0.3 is 108 Å². The van der Waals surface area contributed by atoms with Gasteiger partial charge in [-0.3, -0.25) is 0 Å². The van der Waals surface area contributed by atoms with Gasteiger partial charge in [0.1, 0.15) is 0 Å². The molecule has 0 saturated carbocycles. The van der Waals surface area contributed by atoms with Gasteiger partial charge in [-0.25, -0.2) is 0 Å². The second-order valence-corrected chi connectivity index (χ2v) is 6.63. The molecule has 0 amide bonds. The first kappa shape index (κ1) is 10.6. The topological polar surface area (TPSA) is 52.4 Å². The van der Waals surface area contributed by atoms with Crippen LogP contribution in [0.2, 0.25) is 0 Å². The third-order valence-electron chi connectivity index (χ3n) is 2.43. The van der Waals surface area contributed by atoms with E-state index < -0.39 is 20.9 Å². The van der Waals surface area contributed by atoms with Gasteiger partial charge in [0.15, 0.2) is 0 Å². The van der Waals surface area contributed by atoms with Crippen molar-refractivity contribution in [2.45, 2.75) is 0 Å². The van der Waals surface area contributed by atoms with Crippen molar-refractivity contribution in [1.82, 2.24) is 0 Å². The van der Waals surface area contributed by atoms with E-state index in [9.17, 15) is 10.1 Å². The Labute approximate surface area is 107 Å². The predicted octanol–water partition coefficient (Wildman–Crippen LogP) is 1.36. The molecule has 3 rings (SSSR count). The van der Waals surface area contributed by atoms with Crippen molar-refractivity contribution < 1.29 is 9.66 Å². The molecule has 4 nitrogen and oxygen atoms in total. The molecule has 0 aliphatic carbocycles. The number of para-hydroxylation sites is 1. The molecule has 84 valence electrons. The molecule has 1 aliphatic rings. The van der Waals surface area contributed by atoms with Crippen molar-refractivity contribution >= 4 is 33.8 Å². The van der Waals surface area contributed by atoms with Crippen LogP contribution in [0.25, 0.3) is 0 Å². The van der Waals surface area contributed by atoms with Crippen molar-refractivity contribution in [3.8, 4) is 11.5 Å². The summed E-state index contributed by atoms with van der Waals surface area (Å²) < 4.78 is 7.90. The van der Waals surface area contributed by atoms with Crippen molar-refractivity contribution in [3.63, 3.8) is 0 Å². The van der Waals surface area contributed by atoms with E-state index in [0.29, 0.717) is 0 Å². The van der Waals surface area contributed by atoms with E-state index in [0.717, 1.165) is 15.1 Å². The average molecular weight is 341 g/mol. The second-order valence-electron chi connectivity index (χ2n) is 3.54. The number of fused-ring (bicyclic) bond motifs is 2. The number of nitrogens with zero attached hydrogens (tertiary/aromatic N) is 1. The number of ether oxygens (including phenoxy) is 1. The van der Waals surface area contributed by atoms with Crippen LogP contribution in [0.15, 0.2) is 42.5 Å². The molecule has 0 unspecified atom stereocenters. The number of rotatable bonds is 1. The molecule has 0 atom stereocenters. The molecule has 0 N–H and O–H groups in total. The number of nitro groups is 1. The van der Waals surface area contributed by atoms with Gasteiger partial charge in [-0.15, -0.1) is 0 Å². The fraction of sp³-hybridized carbons (Fsp3) is 0. The van der Waals surface area contributed by atoms with E-state index in [4.69, 9.17) is 4.74 Å². The second kappa shape index (κ2) is 4.02. The van der Waals surface area contributed by atoms with Gasteiger partial charge in [-0.2, -0.15) is 0 Å². The zero-order valence-corrected chi connectivity index (χ0v) is 11.0. The van der Waals surface area contributed by atoms with Crippen LogP contribution in [0, 0.1) is 10.1 Å². The Kier molecular flexibility index (Phi) is 2.50. The standard InChI is InChI=1S/C12H7NO3Te/c14-13(15)8-5-6-10-12(7-8)17-11-4-2-1-3-9(11)16-10/h1-7H. The first-order valence-corrected chi connectivity index (χ1v) is 7.30. The van der Waals surface area contributed by atoms with Crippen molar-refractivity contribution in [1.29, 1.82) is 0 Å². The molecule has 1 heterocycles. The van der Waals surface area contributed by atoms with Crippen molar-refractivity contribution in [3.05, 3.63) is 52.6 Å². The number of non-ortho nitro benzene ring substituents is 1. The van der Waals surface area contributed by atoms with Gasteiger partial charge in [0.25, 0.3) is 0 Å². The molecule has 5 heteroatoms. The van der Waals surface area contributed by atoms with Crippen LogP contribution in [0.1, 0.15) is 0 Å². The molecule has 0 fully saturated rings. The Hall–Kier alpha value is -1.57. The van der Waals surface area contributed by atoms with Crippen molar-refractivity contribution in [2.75, 3.05) is 0 Å². The third kappa shape index (κ3) is 1.88. The van der Waals surface area contributed by atoms with Crippen molar-refractivity contribution in [2.24, 2.45) is 0 Å². The van der Waals surface area contributed by atoms with Crippen LogP contribution in [-0.2, 0) is 0 Å². The van der Waals surface area contributed by atoms with Crippen LogP contribution < -0.4 is 12.0 Å². The molecule has 0 aromatic heterocycles. The van der Waals surface area contributed by atoms with Gasteiger partial charge in [-0.05, 0) is 0 Å². The normalized spacial score (nSPS) is 12.2. The minimum absolute atomic E-state index is 0.136. The minimum atomic E-state index is -0.591. The zero-order chi connectivity index (χ0) is 11.8. The summed E-state index contributed by atoms with van der Waals surface area (Å²) in [5.41, 5.74) is 0.136. The van der Waals surface area contributed by atoms with Gasteiger partial charge in [0, 0.05) is 0 Å². The monoisotopic (exact) mass is 343 g/mol. The molecule has 0 spiro atoms. The summed E-state index contributed by atoms with van der Waals surface area (Å²) >= 11 is -0.591. The number of nitro benzene ring substituents is 1.